The number of ether oxygens (including phenoxy) is 2. The summed E-state index contributed by atoms with van der Waals surface area (Å²) in [5.41, 5.74) is 8.51. The Bertz CT molecular complexity index is 1420. The highest BCUT2D eigenvalue weighted by Crippen LogP contribution is 2.44. The third-order valence-corrected chi connectivity index (χ3v) is 7.44. The lowest BCUT2D eigenvalue weighted by Gasteiger charge is -2.12. The molecule has 172 valence electrons. The van der Waals surface area contributed by atoms with Crippen molar-refractivity contribution >= 4 is 38.8 Å². The van der Waals surface area contributed by atoms with Crippen molar-refractivity contribution in [1.82, 2.24) is 34.4 Å². The second-order valence-corrected chi connectivity index (χ2v) is 10.0. The van der Waals surface area contributed by atoms with Crippen molar-refractivity contribution in [3.8, 4) is 22.8 Å². The predicted octanol–water partition coefficient (Wildman–Crippen LogP) is 1.62. The van der Waals surface area contributed by atoms with Crippen molar-refractivity contribution in [2.45, 2.75) is 23.5 Å². The Labute approximate surface area is 193 Å². The smallest absolute Gasteiger partial charge is 0.231 e. The van der Waals surface area contributed by atoms with Crippen molar-refractivity contribution in [2.75, 3.05) is 24.8 Å². The molecule has 3 aromatic heterocycles. The van der Waals surface area contributed by atoms with Crippen LogP contribution in [0.2, 0.25) is 0 Å². The number of rotatable bonds is 8. The maximum Gasteiger partial charge on any atom is 0.231 e. The molecule has 5 rings (SSSR count). The zero-order valence-corrected chi connectivity index (χ0v) is 19.1. The van der Waals surface area contributed by atoms with Crippen LogP contribution >= 0.6 is 11.8 Å². The molecule has 1 aromatic carbocycles. The second-order valence-electron chi connectivity index (χ2n) is 7.07. The molecule has 0 fully saturated rings. The van der Waals surface area contributed by atoms with E-state index in [9.17, 15) is 8.42 Å². The van der Waals surface area contributed by atoms with Gasteiger partial charge in [-0.05, 0) is 18.2 Å². The van der Waals surface area contributed by atoms with E-state index >= 15 is 0 Å². The maximum atomic E-state index is 12.3. The third kappa shape index (κ3) is 4.19. The minimum Gasteiger partial charge on any atom is -0.454 e. The van der Waals surface area contributed by atoms with E-state index in [1.165, 1.54) is 18.1 Å². The standard InChI is InChI=1S/C19H20N8O4S2/c1-2-24-33(28,29)6-5-27-18-16(17(20)21-9-22-18)25-19(27)32-15-8-14-13(30-10-31-14)7-11(15)12-3-4-23-26-12/h3-4,7-9,24H,2,5-6,10H2,1H3,(H,23,26)(H2,20,21,22). The Morgan fingerprint density at radius 1 is 1.27 bits per heavy atom. The second kappa shape index (κ2) is 8.53. The summed E-state index contributed by atoms with van der Waals surface area (Å²) in [4.78, 5) is 13.8. The van der Waals surface area contributed by atoms with Gasteiger partial charge in [0.15, 0.2) is 33.6 Å². The van der Waals surface area contributed by atoms with E-state index in [1.54, 1.807) is 17.7 Å². The minimum absolute atomic E-state index is 0.133. The molecule has 0 saturated carbocycles. The van der Waals surface area contributed by atoms with Crippen LogP contribution in [-0.2, 0) is 16.6 Å². The summed E-state index contributed by atoms with van der Waals surface area (Å²) >= 11 is 1.33. The van der Waals surface area contributed by atoms with Gasteiger partial charge in [-0.25, -0.2) is 28.1 Å². The molecule has 0 spiro atoms. The van der Waals surface area contributed by atoms with Crippen LogP contribution in [-0.4, -0.2) is 57.2 Å². The van der Waals surface area contributed by atoms with E-state index in [2.05, 4.69) is 29.9 Å². The fourth-order valence-corrected chi connectivity index (χ4v) is 5.51. The molecule has 0 radical (unpaired) electrons. The molecule has 4 heterocycles. The molecular weight excluding hydrogens is 468 g/mol. The van der Waals surface area contributed by atoms with Crippen LogP contribution in [0, 0.1) is 0 Å². The van der Waals surface area contributed by atoms with Crippen LogP contribution in [0.25, 0.3) is 22.4 Å². The van der Waals surface area contributed by atoms with Crippen LogP contribution < -0.4 is 19.9 Å². The lowest BCUT2D eigenvalue weighted by atomic mass is 10.1. The molecule has 1 aliphatic heterocycles. The molecule has 0 aliphatic carbocycles. The van der Waals surface area contributed by atoms with Gasteiger partial charge < -0.3 is 19.8 Å². The molecule has 12 nitrogen and oxygen atoms in total. The third-order valence-electron chi connectivity index (χ3n) is 4.94. The summed E-state index contributed by atoms with van der Waals surface area (Å²) < 4.78 is 39.9. The van der Waals surface area contributed by atoms with Gasteiger partial charge in [0.05, 0.1) is 11.4 Å². The summed E-state index contributed by atoms with van der Waals surface area (Å²) in [5.74, 6) is 1.31. The van der Waals surface area contributed by atoms with E-state index in [1.807, 2.05) is 18.2 Å². The zero-order valence-electron chi connectivity index (χ0n) is 17.5. The Morgan fingerprint density at radius 3 is 2.85 bits per heavy atom. The van der Waals surface area contributed by atoms with E-state index < -0.39 is 10.0 Å². The molecule has 33 heavy (non-hydrogen) atoms. The molecule has 0 amide bonds. The lowest BCUT2D eigenvalue weighted by Crippen LogP contribution is -2.28. The average Bonchev–Trinajstić information content (AvgIpc) is 3.52. The van der Waals surface area contributed by atoms with Crippen LogP contribution in [0.3, 0.4) is 0 Å². The highest BCUT2D eigenvalue weighted by molar-refractivity contribution is 7.99. The lowest BCUT2D eigenvalue weighted by molar-refractivity contribution is 0.174. The quantitative estimate of drug-likeness (QED) is 0.332. The van der Waals surface area contributed by atoms with Crippen molar-refractivity contribution in [1.29, 1.82) is 0 Å². The van der Waals surface area contributed by atoms with E-state index in [4.69, 9.17) is 15.2 Å². The van der Waals surface area contributed by atoms with Gasteiger partial charge in [0.2, 0.25) is 16.8 Å². The van der Waals surface area contributed by atoms with Gasteiger partial charge in [-0.15, -0.1) is 0 Å². The first-order valence-corrected chi connectivity index (χ1v) is 12.5. The van der Waals surface area contributed by atoms with Gasteiger partial charge in [0, 0.05) is 29.7 Å². The number of hydrogen-bond donors (Lipinski definition) is 3. The molecule has 0 bridgehead atoms. The number of benzene rings is 1. The fraction of sp³-hybridized carbons (Fsp3) is 0.263. The summed E-state index contributed by atoms with van der Waals surface area (Å²) in [6, 6.07) is 5.57. The number of sulfonamides is 1. The largest absolute Gasteiger partial charge is 0.454 e. The number of hydrogen-bond acceptors (Lipinski definition) is 10. The normalized spacial score (nSPS) is 13.1. The van der Waals surface area contributed by atoms with Crippen LogP contribution in [0.1, 0.15) is 6.92 Å². The Hall–Kier alpha value is -3.36. The van der Waals surface area contributed by atoms with Crippen molar-refractivity contribution in [3.63, 3.8) is 0 Å². The first-order chi connectivity index (χ1) is 15.9. The van der Waals surface area contributed by atoms with E-state index in [0.29, 0.717) is 34.4 Å². The molecular formula is C19H20N8O4S2. The summed E-state index contributed by atoms with van der Waals surface area (Å²) in [7, 11) is -3.46. The number of aromatic amines is 1. The Morgan fingerprint density at radius 2 is 2.09 bits per heavy atom. The predicted molar refractivity (Wildman–Crippen MR) is 121 cm³/mol. The van der Waals surface area contributed by atoms with E-state index in [-0.39, 0.29) is 24.9 Å². The highest BCUT2D eigenvalue weighted by atomic mass is 32.2. The number of nitrogens with zero attached hydrogens (tertiary/aromatic N) is 5. The van der Waals surface area contributed by atoms with Gasteiger partial charge in [-0.3, -0.25) is 5.10 Å². The number of aromatic nitrogens is 6. The first kappa shape index (κ1) is 21.5. The number of nitrogen functional groups attached to an aromatic ring is 1. The van der Waals surface area contributed by atoms with E-state index in [0.717, 1.165) is 16.2 Å². The van der Waals surface area contributed by atoms with Gasteiger partial charge in [-0.2, -0.15) is 5.10 Å². The monoisotopic (exact) mass is 488 g/mol. The Kier molecular flexibility index (Phi) is 5.55. The minimum atomic E-state index is -3.46. The van der Waals surface area contributed by atoms with Crippen LogP contribution in [0.15, 0.2) is 40.8 Å². The van der Waals surface area contributed by atoms with Crippen LogP contribution in [0.5, 0.6) is 11.5 Å². The maximum absolute atomic E-state index is 12.3. The molecule has 0 atom stereocenters. The highest BCUT2D eigenvalue weighted by Gasteiger charge is 2.23. The van der Waals surface area contributed by atoms with Gasteiger partial charge in [0.25, 0.3) is 0 Å². The van der Waals surface area contributed by atoms with Crippen molar-refractivity contribution in [3.05, 3.63) is 30.7 Å². The number of anilines is 1. The molecule has 0 unspecified atom stereocenters. The number of nitrogens with one attached hydrogen (secondary N) is 2. The number of aryl methyl sites for hydroxylation is 1. The fourth-order valence-electron chi connectivity index (χ4n) is 3.44. The topological polar surface area (TPSA) is 163 Å². The number of imidazole rings is 1. The molecule has 14 heteroatoms. The van der Waals surface area contributed by atoms with Gasteiger partial charge in [-0.1, -0.05) is 18.7 Å². The molecule has 1 aliphatic rings. The van der Waals surface area contributed by atoms with Crippen molar-refractivity contribution in [2.24, 2.45) is 0 Å². The molecule has 0 saturated heterocycles. The summed E-state index contributed by atoms with van der Waals surface area (Å²) in [6.45, 7) is 2.32. The van der Waals surface area contributed by atoms with Crippen LogP contribution in [0.4, 0.5) is 5.82 Å². The average molecular weight is 489 g/mol. The number of nitrogens with two attached hydrogens (primary N) is 1. The first-order valence-electron chi connectivity index (χ1n) is 10.0. The molecule has 4 aromatic rings. The van der Waals surface area contributed by atoms with Gasteiger partial charge >= 0.3 is 0 Å². The van der Waals surface area contributed by atoms with Crippen molar-refractivity contribution < 1.29 is 17.9 Å². The number of H-pyrrole nitrogens is 1. The SMILES string of the molecule is CCNS(=O)(=O)CCn1c(Sc2cc3c(cc2-c2ccn[nH]2)OCO3)nc2c(N)ncnc21. The Balaban J connectivity index is 1.59. The van der Waals surface area contributed by atoms with Gasteiger partial charge in [0.1, 0.15) is 6.33 Å². The number of fused-ring (bicyclic) bond motifs is 2. The zero-order chi connectivity index (χ0) is 23.0. The molecule has 4 N–H and O–H groups in total. The summed E-state index contributed by atoms with van der Waals surface area (Å²) in [5, 5.41) is 7.52. The summed E-state index contributed by atoms with van der Waals surface area (Å²) in [6.07, 6.45) is 2.99.